The summed E-state index contributed by atoms with van der Waals surface area (Å²) < 4.78 is 1.12. The van der Waals surface area contributed by atoms with E-state index >= 15 is 0 Å². The SMILES string of the molecule is CCCNC(Cc1cc(Br)cs1)c1c(Cl)cccc1Cl. The van der Waals surface area contributed by atoms with Crippen molar-refractivity contribution in [1.82, 2.24) is 5.32 Å². The lowest BCUT2D eigenvalue weighted by Crippen LogP contribution is -2.24. The fourth-order valence-electron chi connectivity index (χ4n) is 2.10. The maximum Gasteiger partial charge on any atom is 0.0468 e. The molecule has 0 radical (unpaired) electrons. The third kappa shape index (κ3) is 4.22. The van der Waals surface area contributed by atoms with Crippen molar-refractivity contribution in [2.45, 2.75) is 25.8 Å². The van der Waals surface area contributed by atoms with Gasteiger partial charge in [0.05, 0.1) is 0 Å². The van der Waals surface area contributed by atoms with Crippen LogP contribution in [0.4, 0.5) is 0 Å². The van der Waals surface area contributed by atoms with E-state index < -0.39 is 0 Å². The Morgan fingerprint density at radius 1 is 1.30 bits per heavy atom. The molecule has 1 N–H and O–H groups in total. The minimum Gasteiger partial charge on any atom is -0.310 e. The van der Waals surface area contributed by atoms with Crippen LogP contribution in [0.1, 0.15) is 29.8 Å². The normalized spacial score (nSPS) is 12.6. The fraction of sp³-hybridized carbons (Fsp3) is 0.333. The fourth-order valence-corrected chi connectivity index (χ4v) is 4.26. The minimum absolute atomic E-state index is 0.140. The van der Waals surface area contributed by atoms with E-state index in [0.29, 0.717) is 0 Å². The van der Waals surface area contributed by atoms with Gasteiger partial charge in [-0.1, -0.05) is 36.2 Å². The van der Waals surface area contributed by atoms with E-state index in [2.05, 4.69) is 39.6 Å². The quantitative estimate of drug-likeness (QED) is 0.625. The highest BCUT2D eigenvalue weighted by atomic mass is 79.9. The zero-order valence-corrected chi connectivity index (χ0v) is 15.0. The molecule has 0 amide bonds. The second-order valence-corrected chi connectivity index (χ2v) is 7.30. The summed E-state index contributed by atoms with van der Waals surface area (Å²) in [6, 6.07) is 7.96. The molecule has 0 saturated heterocycles. The van der Waals surface area contributed by atoms with E-state index in [1.165, 1.54) is 4.88 Å². The third-order valence-electron chi connectivity index (χ3n) is 3.02. The zero-order valence-electron chi connectivity index (χ0n) is 11.1. The lowest BCUT2D eigenvalue weighted by atomic mass is 10.0. The van der Waals surface area contributed by atoms with Gasteiger partial charge in [0.15, 0.2) is 0 Å². The summed E-state index contributed by atoms with van der Waals surface area (Å²) >= 11 is 17.9. The molecular formula is C15H16BrCl2NS. The van der Waals surface area contributed by atoms with Gasteiger partial charge in [0.25, 0.3) is 0 Å². The number of benzene rings is 1. The molecule has 1 nitrogen and oxygen atoms in total. The maximum atomic E-state index is 6.34. The Bertz CT molecular complexity index is 551. The highest BCUT2D eigenvalue weighted by Gasteiger charge is 2.18. The van der Waals surface area contributed by atoms with Crippen LogP contribution in [0.2, 0.25) is 10.0 Å². The zero-order chi connectivity index (χ0) is 14.5. The molecule has 1 heterocycles. The van der Waals surface area contributed by atoms with Crippen molar-refractivity contribution in [3.05, 3.63) is 54.6 Å². The Balaban J connectivity index is 2.27. The molecule has 0 bridgehead atoms. The number of nitrogens with one attached hydrogen (secondary N) is 1. The Kier molecular flexibility index (Phi) is 6.37. The molecule has 0 fully saturated rings. The lowest BCUT2D eigenvalue weighted by molar-refractivity contribution is 0.532. The molecule has 0 saturated carbocycles. The van der Waals surface area contributed by atoms with Crippen LogP contribution in [0.25, 0.3) is 0 Å². The smallest absolute Gasteiger partial charge is 0.0468 e. The van der Waals surface area contributed by atoms with Crippen molar-refractivity contribution >= 4 is 50.5 Å². The summed E-state index contributed by atoms with van der Waals surface area (Å²) in [5.74, 6) is 0. The monoisotopic (exact) mass is 391 g/mol. The van der Waals surface area contributed by atoms with Gasteiger partial charge in [-0.25, -0.2) is 0 Å². The molecule has 2 aromatic rings. The topological polar surface area (TPSA) is 12.0 Å². The van der Waals surface area contributed by atoms with Crippen molar-refractivity contribution in [2.75, 3.05) is 6.54 Å². The van der Waals surface area contributed by atoms with Crippen LogP contribution in [0.5, 0.6) is 0 Å². The Labute approximate surface area is 142 Å². The molecule has 0 spiro atoms. The number of rotatable bonds is 6. The van der Waals surface area contributed by atoms with Gasteiger partial charge in [-0.15, -0.1) is 11.3 Å². The van der Waals surface area contributed by atoms with Crippen molar-refractivity contribution in [3.63, 3.8) is 0 Å². The summed E-state index contributed by atoms with van der Waals surface area (Å²) in [5, 5.41) is 7.09. The molecule has 1 atom stereocenters. The van der Waals surface area contributed by atoms with Crippen molar-refractivity contribution in [1.29, 1.82) is 0 Å². The predicted molar refractivity (Wildman–Crippen MR) is 93.2 cm³/mol. The number of thiophene rings is 1. The second-order valence-electron chi connectivity index (χ2n) is 4.58. The molecule has 1 aromatic carbocycles. The molecule has 20 heavy (non-hydrogen) atoms. The van der Waals surface area contributed by atoms with E-state index in [-0.39, 0.29) is 6.04 Å². The van der Waals surface area contributed by atoms with Gasteiger partial charge in [0, 0.05) is 42.8 Å². The van der Waals surface area contributed by atoms with Crippen LogP contribution < -0.4 is 5.32 Å². The van der Waals surface area contributed by atoms with E-state index in [4.69, 9.17) is 23.2 Å². The van der Waals surface area contributed by atoms with Crippen LogP contribution >= 0.6 is 50.5 Å². The van der Waals surface area contributed by atoms with Crippen molar-refractivity contribution in [2.24, 2.45) is 0 Å². The maximum absolute atomic E-state index is 6.34. The second kappa shape index (κ2) is 7.81. The van der Waals surface area contributed by atoms with Gasteiger partial charge in [0.1, 0.15) is 0 Å². The van der Waals surface area contributed by atoms with Gasteiger partial charge >= 0.3 is 0 Å². The first-order chi connectivity index (χ1) is 9.61. The van der Waals surface area contributed by atoms with Crippen LogP contribution in [-0.4, -0.2) is 6.54 Å². The molecule has 5 heteroatoms. The van der Waals surface area contributed by atoms with Crippen molar-refractivity contribution < 1.29 is 0 Å². The first-order valence-corrected chi connectivity index (χ1v) is 8.95. The number of halogens is 3. The van der Waals surface area contributed by atoms with E-state index in [9.17, 15) is 0 Å². The molecule has 0 aliphatic heterocycles. The summed E-state index contributed by atoms with van der Waals surface area (Å²) in [6.07, 6.45) is 1.96. The predicted octanol–water partition coefficient (Wildman–Crippen LogP) is 6.10. The van der Waals surface area contributed by atoms with Gasteiger partial charge in [-0.2, -0.15) is 0 Å². The van der Waals surface area contributed by atoms with E-state index in [0.717, 1.165) is 39.5 Å². The highest BCUT2D eigenvalue weighted by molar-refractivity contribution is 9.10. The first kappa shape index (κ1) is 16.3. The largest absolute Gasteiger partial charge is 0.310 e. The lowest BCUT2D eigenvalue weighted by Gasteiger charge is -2.21. The van der Waals surface area contributed by atoms with Crippen molar-refractivity contribution in [3.8, 4) is 0 Å². The average molecular weight is 393 g/mol. The summed E-state index contributed by atoms with van der Waals surface area (Å²) in [7, 11) is 0. The summed E-state index contributed by atoms with van der Waals surface area (Å²) in [5.41, 5.74) is 0.994. The Morgan fingerprint density at radius 3 is 2.55 bits per heavy atom. The molecule has 108 valence electrons. The molecule has 0 aliphatic carbocycles. The Hall–Kier alpha value is -0.0600. The summed E-state index contributed by atoms with van der Waals surface area (Å²) in [6.45, 7) is 3.10. The van der Waals surface area contributed by atoms with Gasteiger partial charge in [0.2, 0.25) is 0 Å². The van der Waals surface area contributed by atoms with E-state index in [1.54, 1.807) is 11.3 Å². The van der Waals surface area contributed by atoms with Crippen LogP contribution in [0, 0.1) is 0 Å². The van der Waals surface area contributed by atoms with Gasteiger partial charge in [-0.05, 0) is 47.1 Å². The van der Waals surface area contributed by atoms with Gasteiger partial charge < -0.3 is 5.32 Å². The first-order valence-electron chi connectivity index (χ1n) is 6.52. The molecule has 0 aliphatic rings. The molecular weight excluding hydrogens is 377 g/mol. The van der Waals surface area contributed by atoms with E-state index in [1.807, 2.05) is 18.2 Å². The van der Waals surface area contributed by atoms with Crippen LogP contribution in [-0.2, 0) is 6.42 Å². The standard InChI is InChI=1S/C15H16BrCl2NS/c1-2-6-19-14(8-11-7-10(16)9-20-11)15-12(17)4-3-5-13(15)18/h3-5,7,9,14,19H,2,6,8H2,1H3. The minimum atomic E-state index is 0.140. The molecule has 2 rings (SSSR count). The Morgan fingerprint density at radius 2 is 2.00 bits per heavy atom. The molecule has 1 unspecified atom stereocenters. The van der Waals surface area contributed by atoms with Crippen LogP contribution in [0.15, 0.2) is 34.1 Å². The number of hydrogen-bond acceptors (Lipinski definition) is 2. The van der Waals surface area contributed by atoms with Crippen LogP contribution in [0.3, 0.4) is 0 Å². The van der Waals surface area contributed by atoms with Gasteiger partial charge in [-0.3, -0.25) is 0 Å². The highest BCUT2D eigenvalue weighted by Crippen LogP contribution is 2.33. The third-order valence-corrected chi connectivity index (χ3v) is 5.40. The summed E-state index contributed by atoms with van der Waals surface area (Å²) in [4.78, 5) is 1.31. The number of hydrogen-bond donors (Lipinski definition) is 1. The molecule has 1 aromatic heterocycles. The average Bonchev–Trinajstić information content (AvgIpc) is 2.81.